The van der Waals surface area contributed by atoms with Crippen molar-refractivity contribution < 1.29 is 4.74 Å². The SMILES string of the molecule is C[C@@H](NCCCC1CCCO1)c1ccccc1. The quantitative estimate of drug-likeness (QED) is 0.761. The highest BCUT2D eigenvalue weighted by molar-refractivity contribution is 5.17. The second kappa shape index (κ2) is 6.77. The molecule has 2 nitrogen and oxygen atoms in total. The van der Waals surface area contributed by atoms with Crippen LogP contribution >= 0.6 is 0 Å². The molecule has 0 bridgehead atoms. The maximum atomic E-state index is 5.62. The van der Waals surface area contributed by atoms with E-state index in [4.69, 9.17) is 4.74 Å². The number of benzene rings is 1. The topological polar surface area (TPSA) is 21.3 Å². The molecule has 2 heteroatoms. The second-order valence-electron chi connectivity index (χ2n) is 4.86. The van der Waals surface area contributed by atoms with Gasteiger partial charge < -0.3 is 10.1 Å². The standard InChI is InChI=1S/C15H23NO/c1-13(14-7-3-2-4-8-14)16-11-5-9-15-10-6-12-17-15/h2-4,7-8,13,15-16H,5-6,9-12H2,1H3/t13-,15?/m1/s1. The summed E-state index contributed by atoms with van der Waals surface area (Å²) in [7, 11) is 0. The first-order valence-electron chi connectivity index (χ1n) is 6.76. The van der Waals surface area contributed by atoms with Crippen LogP contribution in [-0.4, -0.2) is 19.3 Å². The predicted molar refractivity (Wildman–Crippen MR) is 71.1 cm³/mol. The van der Waals surface area contributed by atoms with Crippen LogP contribution < -0.4 is 5.32 Å². The Morgan fingerprint density at radius 1 is 1.35 bits per heavy atom. The minimum Gasteiger partial charge on any atom is -0.378 e. The summed E-state index contributed by atoms with van der Waals surface area (Å²) in [5.41, 5.74) is 1.37. The highest BCUT2D eigenvalue weighted by Crippen LogP contribution is 2.17. The van der Waals surface area contributed by atoms with Gasteiger partial charge in [0.25, 0.3) is 0 Å². The Labute approximate surface area is 104 Å². The lowest BCUT2D eigenvalue weighted by molar-refractivity contribution is 0.102. The first-order chi connectivity index (χ1) is 8.36. The fraction of sp³-hybridized carbons (Fsp3) is 0.600. The molecule has 0 aliphatic carbocycles. The summed E-state index contributed by atoms with van der Waals surface area (Å²) >= 11 is 0. The van der Waals surface area contributed by atoms with E-state index in [-0.39, 0.29) is 0 Å². The molecular formula is C15H23NO. The van der Waals surface area contributed by atoms with E-state index in [9.17, 15) is 0 Å². The third-order valence-electron chi connectivity index (χ3n) is 3.48. The van der Waals surface area contributed by atoms with E-state index in [2.05, 4.69) is 42.6 Å². The lowest BCUT2D eigenvalue weighted by Gasteiger charge is -2.15. The van der Waals surface area contributed by atoms with Gasteiger partial charge in [0.1, 0.15) is 0 Å². The summed E-state index contributed by atoms with van der Waals surface area (Å²) in [5.74, 6) is 0. The fourth-order valence-electron chi connectivity index (χ4n) is 2.38. The van der Waals surface area contributed by atoms with E-state index in [1.165, 1.54) is 31.2 Å². The van der Waals surface area contributed by atoms with Crippen LogP contribution in [0.2, 0.25) is 0 Å². The maximum absolute atomic E-state index is 5.62. The zero-order valence-electron chi connectivity index (χ0n) is 10.7. The lowest BCUT2D eigenvalue weighted by Crippen LogP contribution is -2.21. The van der Waals surface area contributed by atoms with Crippen molar-refractivity contribution in [2.24, 2.45) is 0 Å². The zero-order valence-corrected chi connectivity index (χ0v) is 10.7. The van der Waals surface area contributed by atoms with Crippen molar-refractivity contribution >= 4 is 0 Å². The van der Waals surface area contributed by atoms with Gasteiger partial charge in [-0.2, -0.15) is 0 Å². The summed E-state index contributed by atoms with van der Waals surface area (Å²) in [6.45, 7) is 4.27. The molecule has 2 atom stereocenters. The van der Waals surface area contributed by atoms with Gasteiger partial charge in [-0.15, -0.1) is 0 Å². The van der Waals surface area contributed by atoms with Crippen molar-refractivity contribution in [2.45, 2.75) is 44.8 Å². The van der Waals surface area contributed by atoms with Crippen molar-refractivity contribution in [1.29, 1.82) is 0 Å². The highest BCUT2D eigenvalue weighted by atomic mass is 16.5. The van der Waals surface area contributed by atoms with Gasteiger partial charge in [-0.1, -0.05) is 30.3 Å². The van der Waals surface area contributed by atoms with Gasteiger partial charge >= 0.3 is 0 Å². The highest BCUT2D eigenvalue weighted by Gasteiger charge is 2.14. The molecule has 1 fully saturated rings. The van der Waals surface area contributed by atoms with E-state index < -0.39 is 0 Å². The predicted octanol–water partition coefficient (Wildman–Crippen LogP) is 3.30. The monoisotopic (exact) mass is 233 g/mol. The van der Waals surface area contributed by atoms with Crippen LogP contribution in [0.4, 0.5) is 0 Å². The van der Waals surface area contributed by atoms with Crippen molar-refractivity contribution in [3.63, 3.8) is 0 Å². The third kappa shape index (κ3) is 4.14. The number of hydrogen-bond donors (Lipinski definition) is 1. The van der Waals surface area contributed by atoms with Crippen LogP contribution in [0, 0.1) is 0 Å². The molecule has 0 aromatic heterocycles. The minimum atomic E-state index is 0.445. The summed E-state index contributed by atoms with van der Waals surface area (Å²) in [6, 6.07) is 11.1. The Morgan fingerprint density at radius 2 is 2.18 bits per heavy atom. The molecule has 2 rings (SSSR count). The summed E-state index contributed by atoms with van der Waals surface area (Å²) < 4.78 is 5.62. The number of rotatable bonds is 6. The van der Waals surface area contributed by atoms with Crippen molar-refractivity contribution in [3.05, 3.63) is 35.9 Å². The molecule has 94 valence electrons. The molecule has 0 spiro atoms. The summed E-state index contributed by atoms with van der Waals surface area (Å²) in [6.07, 6.45) is 5.45. The van der Waals surface area contributed by atoms with Crippen LogP contribution in [0.1, 0.15) is 44.2 Å². The lowest BCUT2D eigenvalue weighted by atomic mass is 10.1. The molecule has 1 saturated heterocycles. The van der Waals surface area contributed by atoms with Gasteiger partial charge in [0.2, 0.25) is 0 Å². The average Bonchev–Trinajstić information content (AvgIpc) is 2.88. The molecular weight excluding hydrogens is 210 g/mol. The Hall–Kier alpha value is -0.860. The first kappa shape index (κ1) is 12.6. The Morgan fingerprint density at radius 3 is 2.88 bits per heavy atom. The molecule has 0 saturated carbocycles. The van der Waals surface area contributed by atoms with Crippen LogP contribution in [0.15, 0.2) is 30.3 Å². The second-order valence-corrected chi connectivity index (χ2v) is 4.86. The average molecular weight is 233 g/mol. The van der Waals surface area contributed by atoms with Gasteiger partial charge in [0.05, 0.1) is 6.10 Å². The minimum absolute atomic E-state index is 0.445. The smallest absolute Gasteiger partial charge is 0.0576 e. The largest absolute Gasteiger partial charge is 0.378 e. The van der Waals surface area contributed by atoms with Crippen molar-refractivity contribution in [1.82, 2.24) is 5.32 Å². The van der Waals surface area contributed by atoms with Crippen molar-refractivity contribution in [2.75, 3.05) is 13.2 Å². The van der Waals surface area contributed by atoms with Gasteiger partial charge in [-0.3, -0.25) is 0 Å². The fourth-order valence-corrected chi connectivity index (χ4v) is 2.38. The van der Waals surface area contributed by atoms with Gasteiger partial charge in [-0.25, -0.2) is 0 Å². The molecule has 1 heterocycles. The number of nitrogens with one attached hydrogen (secondary N) is 1. The van der Waals surface area contributed by atoms with E-state index in [0.717, 1.165) is 13.2 Å². The van der Waals surface area contributed by atoms with Gasteiger partial charge in [-0.05, 0) is 44.7 Å². The Kier molecular flexibility index (Phi) is 5.02. The van der Waals surface area contributed by atoms with E-state index in [0.29, 0.717) is 12.1 Å². The molecule has 0 radical (unpaired) electrons. The van der Waals surface area contributed by atoms with Gasteiger partial charge in [0, 0.05) is 12.6 Å². The molecule has 1 N–H and O–H groups in total. The van der Waals surface area contributed by atoms with Gasteiger partial charge in [0.15, 0.2) is 0 Å². The number of hydrogen-bond acceptors (Lipinski definition) is 2. The normalized spacial score (nSPS) is 21.6. The van der Waals surface area contributed by atoms with Crippen LogP contribution in [-0.2, 0) is 4.74 Å². The van der Waals surface area contributed by atoms with Crippen LogP contribution in [0.5, 0.6) is 0 Å². The molecule has 0 amide bonds. The molecule has 1 aliphatic heterocycles. The molecule has 1 aliphatic rings. The first-order valence-corrected chi connectivity index (χ1v) is 6.76. The van der Waals surface area contributed by atoms with Crippen LogP contribution in [0.3, 0.4) is 0 Å². The number of ether oxygens (including phenoxy) is 1. The Balaban J connectivity index is 1.61. The van der Waals surface area contributed by atoms with E-state index >= 15 is 0 Å². The summed E-state index contributed by atoms with van der Waals surface area (Å²) in [4.78, 5) is 0. The molecule has 1 aromatic rings. The third-order valence-corrected chi connectivity index (χ3v) is 3.48. The van der Waals surface area contributed by atoms with Crippen molar-refractivity contribution in [3.8, 4) is 0 Å². The zero-order chi connectivity index (χ0) is 11.9. The molecule has 17 heavy (non-hydrogen) atoms. The van der Waals surface area contributed by atoms with E-state index in [1.54, 1.807) is 0 Å². The van der Waals surface area contributed by atoms with E-state index in [1.807, 2.05) is 0 Å². The summed E-state index contributed by atoms with van der Waals surface area (Å²) in [5, 5.41) is 3.57. The maximum Gasteiger partial charge on any atom is 0.0576 e. The van der Waals surface area contributed by atoms with Crippen LogP contribution in [0.25, 0.3) is 0 Å². The Bertz CT molecular complexity index is 306. The molecule has 1 aromatic carbocycles. The molecule has 1 unspecified atom stereocenters.